The Morgan fingerprint density at radius 2 is 2.16 bits per heavy atom. The van der Waals surface area contributed by atoms with E-state index in [1.807, 2.05) is 0 Å². The molecule has 0 bridgehead atoms. The number of carbonyl (C=O) groups is 2. The number of benzene rings is 1. The van der Waals surface area contributed by atoms with E-state index in [9.17, 15) is 14.0 Å². The van der Waals surface area contributed by atoms with Crippen LogP contribution in [0.15, 0.2) is 18.2 Å². The maximum Gasteiger partial charge on any atom is 0.343 e. The molecule has 0 radical (unpaired) electrons. The summed E-state index contributed by atoms with van der Waals surface area (Å²) in [5.41, 5.74) is -1.24. The summed E-state index contributed by atoms with van der Waals surface area (Å²) in [7, 11) is 0. The molecule has 1 N–H and O–H groups in total. The van der Waals surface area contributed by atoms with E-state index in [4.69, 9.17) is 16.7 Å². The first-order valence-corrected chi connectivity index (χ1v) is 6.19. The largest absolute Gasteiger partial charge is 0.479 e. The Labute approximate surface area is 114 Å². The van der Waals surface area contributed by atoms with E-state index < -0.39 is 18.2 Å². The van der Waals surface area contributed by atoms with Crippen molar-refractivity contribution in [3.8, 4) is 0 Å². The van der Waals surface area contributed by atoms with Crippen LogP contribution in [-0.4, -0.2) is 40.6 Å². The zero-order chi connectivity index (χ0) is 14.2. The summed E-state index contributed by atoms with van der Waals surface area (Å²) in [6.45, 7) is 1.42. The highest BCUT2D eigenvalue weighted by Crippen LogP contribution is 2.28. The summed E-state index contributed by atoms with van der Waals surface area (Å²) in [5, 5.41) is 9.22. The highest BCUT2D eigenvalue weighted by atomic mass is 35.5. The van der Waals surface area contributed by atoms with E-state index in [0.717, 1.165) is 5.56 Å². The molecule has 4 nitrogen and oxygen atoms in total. The van der Waals surface area contributed by atoms with Crippen molar-refractivity contribution in [2.45, 2.75) is 19.0 Å². The number of nitrogens with zero attached hydrogens (tertiary/aromatic N) is 1. The van der Waals surface area contributed by atoms with Crippen molar-refractivity contribution in [1.29, 1.82) is 0 Å². The smallest absolute Gasteiger partial charge is 0.343 e. The van der Waals surface area contributed by atoms with E-state index >= 15 is 0 Å². The number of hydrogen-bond acceptors (Lipinski definition) is 2. The minimum absolute atomic E-state index is 0.0909. The predicted octanol–water partition coefficient (Wildman–Crippen LogP) is 2.29. The van der Waals surface area contributed by atoms with Crippen molar-refractivity contribution in [2.75, 3.05) is 13.1 Å². The maximum atomic E-state index is 13.9. The quantitative estimate of drug-likeness (QED) is 0.907. The second-order valence-electron chi connectivity index (χ2n) is 4.71. The number of carbonyl (C=O) groups excluding carboxylic acids is 1. The van der Waals surface area contributed by atoms with Crippen LogP contribution < -0.4 is 0 Å². The molecule has 1 aliphatic heterocycles. The molecule has 0 saturated carbocycles. The first kappa shape index (κ1) is 13.8. The lowest BCUT2D eigenvalue weighted by atomic mass is 10.1. The average molecular weight is 286 g/mol. The minimum Gasteiger partial charge on any atom is -0.479 e. The van der Waals surface area contributed by atoms with Crippen molar-refractivity contribution < 1.29 is 19.1 Å². The lowest BCUT2D eigenvalue weighted by Gasteiger charge is -2.18. The molecular formula is C13H13ClFNO3. The third-order valence-electron chi connectivity index (χ3n) is 3.32. The summed E-state index contributed by atoms with van der Waals surface area (Å²) in [6.07, 6.45) is -0.187. The van der Waals surface area contributed by atoms with Crippen molar-refractivity contribution in [3.63, 3.8) is 0 Å². The molecule has 0 aromatic heterocycles. The van der Waals surface area contributed by atoms with Gasteiger partial charge in [0.2, 0.25) is 5.67 Å². The number of rotatable bonds is 2. The normalized spacial score (nSPS) is 22.6. The lowest BCUT2D eigenvalue weighted by molar-refractivity contribution is -0.149. The number of hydrogen-bond donors (Lipinski definition) is 1. The molecule has 102 valence electrons. The molecule has 1 amide bonds. The van der Waals surface area contributed by atoms with Gasteiger partial charge in [-0.25, -0.2) is 9.18 Å². The van der Waals surface area contributed by atoms with Crippen LogP contribution in [0.25, 0.3) is 0 Å². The van der Waals surface area contributed by atoms with Crippen molar-refractivity contribution in [3.05, 3.63) is 34.3 Å². The first-order chi connectivity index (χ1) is 8.83. The van der Waals surface area contributed by atoms with Crippen LogP contribution in [-0.2, 0) is 4.79 Å². The molecule has 1 heterocycles. The number of aryl methyl sites for hydroxylation is 1. The van der Waals surface area contributed by atoms with Gasteiger partial charge in [0, 0.05) is 23.6 Å². The Morgan fingerprint density at radius 1 is 1.47 bits per heavy atom. The van der Waals surface area contributed by atoms with Crippen LogP contribution in [0.1, 0.15) is 22.3 Å². The summed E-state index contributed by atoms with van der Waals surface area (Å²) in [5.74, 6) is -1.91. The van der Waals surface area contributed by atoms with Gasteiger partial charge < -0.3 is 10.0 Å². The summed E-state index contributed by atoms with van der Waals surface area (Å²) in [4.78, 5) is 24.3. The highest BCUT2D eigenvalue weighted by molar-refractivity contribution is 6.31. The van der Waals surface area contributed by atoms with Crippen molar-refractivity contribution in [1.82, 2.24) is 4.90 Å². The zero-order valence-electron chi connectivity index (χ0n) is 10.3. The van der Waals surface area contributed by atoms with Gasteiger partial charge >= 0.3 is 5.97 Å². The molecule has 0 spiro atoms. The molecule has 1 unspecified atom stereocenters. The van der Waals surface area contributed by atoms with Gasteiger partial charge in [-0.15, -0.1) is 0 Å². The molecule has 1 fully saturated rings. The molecule has 19 heavy (non-hydrogen) atoms. The molecule has 0 aliphatic carbocycles. The van der Waals surface area contributed by atoms with Crippen molar-refractivity contribution >= 4 is 23.5 Å². The van der Waals surface area contributed by atoms with Gasteiger partial charge in [0.25, 0.3) is 5.91 Å². The molecule has 1 aromatic carbocycles. The van der Waals surface area contributed by atoms with Crippen LogP contribution >= 0.6 is 11.6 Å². The summed E-state index contributed by atoms with van der Waals surface area (Å²) < 4.78 is 13.9. The second-order valence-corrected chi connectivity index (χ2v) is 5.14. The maximum absolute atomic E-state index is 13.9. The van der Waals surface area contributed by atoms with Crippen LogP contribution in [0.4, 0.5) is 4.39 Å². The third-order valence-corrected chi connectivity index (χ3v) is 3.56. The van der Waals surface area contributed by atoms with E-state index in [-0.39, 0.29) is 18.9 Å². The summed E-state index contributed by atoms with van der Waals surface area (Å²) >= 11 is 5.84. The van der Waals surface area contributed by atoms with Gasteiger partial charge in [-0.2, -0.15) is 0 Å². The van der Waals surface area contributed by atoms with E-state index in [2.05, 4.69) is 0 Å². The molecule has 1 atom stereocenters. The zero-order valence-corrected chi connectivity index (χ0v) is 11.1. The molecule has 6 heteroatoms. The monoisotopic (exact) mass is 285 g/mol. The number of aliphatic carboxylic acids is 1. The van der Waals surface area contributed by atoms with Crippen LogP contribution in [0.2, 0.25) is 5.02 Å². The molecule has 1 aromatic rings. The molecule has 1 saturated heterocycles. The highest BCUT2D eigenvalue weighted by Gasteiger charge is 2.47. The average Bonchev–Trinajstić information content (AvgIpc) is 2.76. The van der Waals surface area contributed by atoms with Gasteiger partial charge in [-0.1, -0.05) is 17.7 Å². The topological polar surface area (TPSA) is 57.6 Å². The van der Waals surface area contributed by atoms with Gasteiger partial charge in [0.15, 0.2) is 0 Å². The molecular weight excluding hydrogens is 273 g/mol. The number of likely N-dealkylation sites (tertiary alicyclic amines) is 1. The Bertz CT molecular complexity index is 549. The number of amides is 1. The Kier molecular flexibility index (Phi) is 3.49. The number of carboxylic acids is 1. The van der Waals surface area contributed by atoms with Gasteiger partial charge in [-0.3, -0.25) is 4.79 Å². The van der Waals surface area contributed by atoms with Gasteiger partial charge in [0.1, 0.15) is 0 Å². The number of carboxylic acid groups (broad SMARTS) is 1. The Balaban J connectivity index is 2.22. The third kappa shape index (κ3) is 2.56. The van der Waals surface area contributed by atoms with E-state index in [0.29, 0.717) is 10.6 Å². The van der Waals surface area contributed by atoms with E-state index in [1.54, 1.807) is 19.1 Å². The second kappa shape index (κ2) is 4.81. The standard InChI is InChI=1S/C13H13ClFNO3/c1-8-2-3-9(14)6-10(8)11(17)16-5-4-13(15,7-16)12(18)19/h2-3,6H,4-5,7H2,1H3,(H,18,19). The van der Waals surface area contributed by atoms with Crippen LogP contribution in [0.3, 0.4) is 0 Å². The first-order valence-electron chi connectivity index (χ1n) is 5.81. The van der Waals surface area contributed by atoms with Gasteiger partial charge in [-0.05, 0) is 24.6 Å². The fourth-order valence-corrected chi connectivity index (χ4v) is 2.29. The van der Waals surface area contributed by atoms with E-state index in [1.165, 1.54) is 11.0 Å². The SMILES string of the molecule is Cc1ccc(Cl)cc1C(=O)N1CCC(F)(C(=O)O)C1. The molecule has 2 rings (SSSR count). The fraction of sp³-hybridized carbons (Fsp3) is 0.385. The molecule has 1 aliphatic rings. The summed E-state index contributed by atoms with van der Waals surface area (Å²) in [6, 6.07) is 4.87. The Morgan fingerprint density at radius 3 is 2.74 bits per heavy atom. The van der Waals surface area contributed by atoms with Crippen LogP contribution in [0.5, 0.6) is 0 Å². The fourth-order valence-electron chi connectivity index (χ4n) is 2.12. The number of alkyl halides is 1. The Hall–Kier alpha value is -1.62. The number of halogens is 2. The van der Waals surface area contributed by atoms with Crippen LogP contribution in [0, 0.1) is 6.92 Å². The predicted molar refractivity (Wildman–Crippen MR) is 68.2 cm³/mol. The van der Waals surface area contributed by atoms with Gasteiger partial charge in [0.05, 0.1) is 6.54 Å². The van der Waals surface area contributed by atoms with Crippen molar-refractivity contribution in [2.24, 2.45) is 0 Å². The minimum atomic E-state index is -2.35. The lowest BCUT2D eigenvalue weighted by Crippen LogP contribution is -2.39.